The highest BCUT2D eigenvalue weighted by Crippen LogP contribution is 2.25. The Morgan fingerprint density at radius 3 is 1.58 bits per heavy atom. The van der Waals surface area contributed by atoms with Crippen molar-refractivity contribution in [2.75, 3.05) is 64.4 Å². The van der Waals surface area contributed by atoms with Gasteiger partial charge in [-0.15, -0.1) is 0 Å². The molecule has 0 aliphatic carbocycles. The van der Waals surface area contributed by atoms with Crippen molar-refractivity contribution in [2.24, 2.45) is 44.7 Å². The molecule has 34 nitrogen and oxygen atoms in total. The number of nitrogens with two attached hydrogens (primary N) is 5. The molecule has 0 saturated carbocycles. The summed E-state index contributed by atoms with van der Waals surface area (Å²) in [5.41, 5.74) is 34.6. The van der Waals surface area contributed by atoms with Crippen molar-refractivity contribution in [1.82, 2.24) is 73.4 Å². The Balaban J connectivity index is 1.06. The molecule has 22 N–H and O–H groups in total. The van der Waals surface area contributed by atoms with Crippen LogP contribution in [-0.2, 0) is 81.6 Å². The molecule has 696 valence electrons. The number of benzene rings is 3. The van der Waals surface area contributed by atoms with Crippen LogP contribution in [0, 0.1) is 5.92 Å². The van der Waals surface area contributed by atoms with Crippen LogP contribution in [0.15, 0.2) is 101 Å². The Kier molecular flexibility index (Phi) is 49.0. The van der Waals surface area contributed by atoms with Gasteiger partial charge in [0.25, 0.3) is 5.91 Å². The van der Waals surface area contributed by atoms with Gasteiger partial charge >= 0.3 is 0 Å². The number of hydrogen-bond donors (Lipinski definition) is 17. The highest BCUT2D eigenvalue weighted by Gasteiger charge is 2.42. The van der Waals surface area contributed by atoms with Crippen molar-refractivity contribution in [2.45, 2.75) is 287 Å². The average Bonchev–Trinajstić information content (AvgIpc) is 1.69. The Labute approximate surface area is 747 Å². The highest BCUT2D eigenvalue weighted by molar-refractivity contribution is 7.98. The molecular weight excluding hydrogens is 1630 g/mol. The zero-order valence-electron chi connectivity index (χ0n) is 74.5. The van der Waals surface area contributed by atoms with Gasteiger partial charge in [-0.05, 0) is 137 Å². The number of hydrogen-bond acceptors (Lipinski definition) is 19. The molecule has 2 saturated heterocycles. The summed E-state index contributed by atoms with van der Waals surface area (Å²) in [6.07, 6.45) is 27.1. The molecular formula is C91H143N21O13S. The predicted molar refractivity (Wildman–Crippen MR) is 492 cm³/mol. The lowest BCUT2D eigenvalue weighted by Gasteiger charge is -2.32. The van der Waals surface area contributed by atoms with Crippen LogP contribution >= 0.6 is 11.8 Å². The van der Waals surface area contributed by atoms with Gasteiger partial charge in [0, 0.05) is 82.1 Å². The normalized spacial score (nSPS) is 15.6. The number of aromatic nitrogens is 1. The lowest BCUT2D eigenvalue weighted by molar-refractivity contribution is -0.143. The van der Waals surface area contributed by atoms with E-state index in [1.165, 1.54) is 86.8 Å². The number of hydrazone groups is 1. The van der Waals surface area contributed by atoms with Gasteiger partial charge in [-0.25, -0.2) is 0 Å². The van der Waals surface area contributed by atoms with Crippen molar-refractivity contribution >= 4 is 112 Å². The molecule has 10 atom stereocenters. The molecule has 0 bridgehead atoms. The minimum Gasteiger partial charge on any atom is -0.370 e. The van der Waals surface area contributed by atoms with Crippen molar-refractivity contribution in [3.05, 3.63) is 108 Å². The SMILES string of the molecule is CCCCCCCCCCCCCCCCCC(=O)NCCCNC(=O)/C=N/NCC(=O)NCCC[C@H](NC(=O)[C@@H](NC(=O)[C@@H]1CCCN1C(=O)[C@H](CCCCN)NC(=O)[C@H](Cc1ccccc1)NC(=O)[C@@H](Cc1c[nH]c2ccccc12)NC(=O)[C@H](CCCN=C(N)N)NC(=O)[C@@H](Cc1ccccc1)NC(=O)[C@@H]1CCCN1C(=O)[C@@H](N)CCSC)C(C)C)C(N)=O. The number of likely N-dealkylation sites (tertiary alicyclic amines) is 2. The molecule has 2 aliphatic heterocycles. The Morgan fingerprint density at radius 2 is 1.00 bits per heavy atom. The van der Waals surface area contributed by atoms with Crippen LogP contribution in [0.2, 0.25) is 0 Å². The molecule has 126 heavy (non-hydrogen) atoms. The lowest BCUT2D eigenvalue weighted by Crippen LogP contribution is -2.61. The Morgan fingerprint density at radius 1 is 0.508 bits per heavy atom. The standard InChI is InChI=1S/C91H143N21O13S/c1-5-6-7-8-9-10-11-12-13-14-15-16-17-18-25-46-77(113)97-51-34-52-99-79(115)61-103-102-60-78(114)98-49-30-42-69(81(94)116)104-88(123)80(62(2)3)110-87(122)76-45-33-54-112(76)90(125)71(41-28-29-48-92)106-84(119)72(56-63-35-21-19-22-36-63)107-85(120)74(58-65-59-101-68-40-27-26-39-66(65)68)108-82(117)70(43-31-50-100-91(95)96)105-83(118)73(57-64-37-23-20-24-38-64)109-86(121)75-44-32-53-111(75)89(124)67(93)47-55-126-4/h19-24,26-27,35-40,59,61-62,67,69-76,80,101-102H,5-18,25,28-34,41-58,60,92-93H2,1-4H3,(H2,94,116)(H,97,113)(H,98,114)(H,99,115)(H,104,123)(H,105,118)(H,106,119)(H,107,120)(H,108,117)(H,109,121)(H,110,122)(H4,95,96,100)/b103-61+/t67-,69-,70-,71-,72-,73+,74+,75-,76-,80-/m0/s1. The van der Waals surface area contributed by atoms with Gasteiger partial charge in [-0.1, -0.05) is 190 Å². The number of para-hydroxylation sites is 1. The predicted octanol–water partition coefficient (Wildman–Crippen LogP) is 4.33. The van der Waals surface area contributed by atoms with E-state index in [-0.39, 0.29) is 108 Å². The van der Waals surface area contributed by atoms with Crippen LogP contribution in [-0.4, -0.2) is 229 Å². The van der Waals surface area contributed by atoms with E-state index in [0.717, 1.165) is 36.4 Å². The number of nitrogens with one attached hydrogen (secondary N) is 12. The van der Waals surface area contributed by atoms with E-state index < -0.39 is 131 Å². The first-order valence-corrected chi connectivity index (χ1v) is 46.9. The number of carbonyl (C=O) groups is 13. The Hall–Kier alpha value is -10.7. The number of H-pyrrole nitrogens is 1. The third-order valence-corrected chi connectivity index (χ3v) is 23.4. The van der Waals surface area contributed by atoms with Gasteiger partial charge in [-0.2, -0.15) is 16.9 Å². The third-order valence-electron chi connectivity index (χ3n) is 22.7. The maximum absolute atomic E-state index is 15.5. The number of thioether (sulfide) groups is 1. The molecule has 4 aromatic rings. The molecule has 0 unspecified atom stereocenters. The van der Waals surface area contributed by atoms with E-state index in [1.807, 2.05) is 30.5 Å². The molecule has 0 radical (unpaired) electrons. The maximum atomic E-state index is 15.5. The van der Waals surface area contributed by atoms with E-state index in [9.17, 15) is 43.2 Å². The van der Waals surface area contributed by atoms with Crippen molar-refractivity contribution in [1.29, 1.82) is 0 Å². The van der Waals surface area contributed by atoms with E-state index >= 15 is 19.2 Å². The molecule has 2 aliphatic rings. The van der Waals surface area contributed by atoms with Gasteiger partial charge in [0.15, 0.2) is 5.96 Å². The van der Waals surface area contributed by atoms with Crippen molar-refractivity contribution in [3.8, 4) is 0 Å². The maximum Gasteiger partial charge on any atom is 0.264 e. The molecule has 13 amide bonds. The second-order valence-corrected chi connectivity index (χ2v) is 34.2. The average molecular weight is 1770 g/mol. The summed E-state index contributed by atoms with van der Waals surface area (Å²) in [5, 5.41) is 32.7. The van der Waals surface area contributed by atoms with Gasteiger partial charge in [-0.3, -0.25) is 67.3 Å². The fourth-order valence-corrected chi connectivity index (χ4v) is 16.1. The Bertz CT molecular complexity index is 4100. The number of guanidine groups is 1. The largest absolute Gasteiger partial charge is 0.370 e. The number of aromatic amines is 1. The summed E-state index contributed by atoms with van der Waals surface area (Å²) in [6.45, 7) is 6.81. The molecule has 2 fully saturated rings. The van der Waals surface area contributed by atoms with E-state index in [2.05, 4.69) is 80.6 Å². The van der Waals surface area contributed by atoms with Crippen LogP contribution in [0.3, 0.4) is 0 Å². The van der Waals surface area contributed by atoms with Crippen molar-refractivity contribution < 1.29 is 62.3 Å². The van der Waals surface area contributed by atoms with Crippen LogP contribution in [0.4, 0.5) is 0 Å². The summed E-state index contributed by atoms with van der Waals surface area (Å²) < 4.78 is 0. The smallest absolute Gasteiger partial charge is 0.264 e. The minimum atomic E-state index is -1.47. The number of carbonyl (C=O) groups excluding carboxylic acids is 13. The summed E-state index contributed by atoms with van der Waals surface area (Å²) >= 11 is 1.54. The first kappa shape index (κ1) is 104. The molecule has 3 aromatic carbocycles. The summed E-state index contributed by atoms with van der Waals surface area (Å²) in [6, 6.07) is 12.8. The zero-order valence-corrected chi connectivity index (χ0v) is 75.3. The van der Waals surface area contributed by atoms with Crippen LogP contribution in [0.5, 0.6) is 0 Å². The van der Waals surface area contributed by atoms with Gasteiger partial charge in [0.05, 0.1) is 6.04 Å². The quantitative estimate of drug-likeness (QED) is 0.0127. The van der Waals surface area contributed by atoms with Gasteiger partial charge < -0.3 is 102 Å². The summed E-state index contributed by atoms with van der Waals surface area (Å²) in [4.78, 5) is 193. The van der Waals surface area contributed by atoms with Crippen LogP contribution < -0.4 is 87.3 Å². The molecule has 6 rings (SSSR count). The number of rotatable bonds is 63. The van der Waals surface area contributed by atoms with E-state index in [4.69, 9.17) is 28.7 Å². The second-order valence-electron chi connectivity index (χ2n) is 33.2. The van der Waals surface area contributed by atoms with E-state index in [0.29, 0.717) is 93.4 Å². The number of aliphatic imine (C=N–C) groups is 1. The molecule has 3 heterocycles. The number of fused-ring (bicyclic) bond motifs is 1. The number of nitrogens with zero attached hydrogens (tertiary/aromatic N) is 4. The number of primary amides is 1. The van der Waals surface area contributed by atoms with Crippen LogP contribution in [0.25, 0.3) is 10.9 Å². The first-order chi connectivity index (χ1) is 60.8. The monoisotopic (exact) mass is 1770 g/mol. The lowest BCUT2D eigenvalue weighted by atomic mass is 10.00. The summed E-state index contributed by atoms with van der Waals surface area (Å²) in [7, 11) is 0. The van der Waals surface area contributed by atoms with Crippen LogP contribution in [0.1, 0.15) is 224 Å². The van der Waals surface area contributed by atoms with Gasteiger partial charge in [0.1, 0.15) is 67.1 Å². The van der Waals surface area contributed by atoms with E-state index in [1.54, 1.807) is 92.5 Å². The first-order valence-electron chi connectivity index (χ1n) is 45.5. The second kappa shape index (κ2) is 59.3. The molecule has 35 heteroatoms. The minimum absolute atomic E-state index is 0.00389. The topological polar surface area (TPSA) is 531 Å². The number of unbranched alkanes of at least 4 members (excludes halogenated alkanes) is 15. The fourth-order valence-electron chi connectivity index (χ4n) is 15.6. The summed E-state index contributed by atoms with van der Waals surface area (Å²) in [5.74, 6) is -8.14. The fraction of sp³-hybridized carbons (Fsp3) is 0.615. The third kappa shape index (κ3) is 38.7. The van der Waals surface area contributed by atoms with Gasteiger partial charge in [0.2, 0.25) is 70.9 Å². The van der Waals surface area contributed by atoms with Crippen molar-refractivity contribution in [3.63, 3.8) is 0 Å². The molecule has 1 aromatic heterocycles. The highest BCUT2D eigenvalue weighted by atomic mass is 32.2. The zero-order chi connectivity index (χ0) is 91.4. The molecule has 0 spiro atoms. The number of amides is 13.